The van der Waals surface area contributed by atoms with Gasteiger partial charge in [-0.05, 0) is 43.3 Å². The summed E-state index contributed by atoms with van der Waals surface area (Å²) in [4.78, 5) is 26.0. The van der Waals surface area contributed by atoms with Crippen LogP contribution >= 0.6 is 0 Å². The molecule has 0 aliphatic heterocycles. The number of nitriles is 1. The van der Waals surface area contributed by atoms with Gasteiger partial charge in [0, 0.05) is 12.2 Å². The van der Waals surface area contributed by atoms with Crippen LogP contribution < -0.4 is 9.64 Å². The van der Waals surface area contributed by atoms with E-state index in [1.165, 1.54) is 12.0 Å². The van der Waals surface area contributed by atoms with Crippen LogP contribution in [0.4, 0.5) is 5.69 Å². The lowest BCUT2D eigenvalue weighted by atomic mass is 10.2. The maximum Gasteiger partial charge on any atom is 0.338 e. The first kappa shape index (κ1) is 19.0. The zero-order valence-corrected chi connectivity index (χ0v) is 14.8. The van der Waals surface area contributed by atoms with Crippen LogP contribution in [0.15, 0.2) is 48.5 Å². The van der Waals surface area contributed by atoms with Crippen LogP contribution in [-0.2, 0) is 9.53 Å². The van der Waals surface area contributed by atoms with Crippen molar-refractivity contribution in [1.82, 2.24) is 0 Å². The number of benzene rings is 2. The first-order valence-electron chi connectivity index (χ1n) is 8.10. The molecule has 6 heteroatoms. The Kier molecular flexibility index (Phi) is 6.75. The molecule has 0 spiro atoms. The summed E-state index contributed by atoms with van der Waals surface area (Å²) in [6.07, 6.45) is 0.187. The predicted octanol–water partition coefficient (Wildman–Crippen LogP) is 3.11. The molecule has 1 amide bonds. The highest BCUT2D eigenvalue weighted by Gasteiger charge is 2.18. The molecule has 0 aliphatic rings. The summed E-state index contributed by atoms with van der Waals surface area (Å²) < 4.78 is 10.1. The smallest absolute Gasteiger partial charge is 0.338 e. The lowest BCUT2D eigenvalue weighted by Gasteiger charge is -2.21. The number of hydrogen-bond acceptors (Lipinski definition) is 5. The first-order chi connectivity index (χ1) is 12.5. The highest BCUT2D eigenvalue weighted by molar-refractivity contribution is 5.97. The summed E-state index contributed by atoms with van der Waals surface area (Å²) >= 11 is 0. The van der Waals surface area contributed by atoms with Gasteiger partial charge < -0.3 is 14.4 Å². The van der Waals surface area contributed by atoms with Crippen molar-refractivity contribution in [1.29, 1.82) is 5.26 Å². The summed E-state index contributed by atoms with van der Waals surface area (Å²) in [6, 6.07) is 15.8. The van der Waals surface area contributed by atoms with Crippen LogP contribution in [0.25, 0.3) is 0 Å². The second-order valence-electron chi connectivity index (χ2n) is 5.59. The molecule has 2 rings (SSSR count). The molecule has 2 aromatic rings. The van der Waals surface area contributed by atoms with Gasteiger partial charge in [-0.25, -0.2) is 4.79 Å². The van der Waals surface area contributed by atoms with E-state index in [0.717, 1.165) is 5.56 Å². The van der Waals surface area contributed by atoms with E-state index in [1.54, 1.807) is 36.4 Å². The number of aryl methyl sites for hydroxylation is 1. The Balaban J connectivity index is 2.02. The van der Waals surface area contributed by atoms with Gasteiger partial charge in [0.15, 0.2) is 6.61 Å². The Morgan fingerprint density at radius 2 is 1.73 bits per heavy atom. The summed E-state index contributed by atoms with van der Waals surface area (Å²) in [5.74, 6) is -0.351. The minimum absolute atomic E-state index is 0.187. The Labute approximate surface area is 152 Å². The first-order valence-corrected chi connectivity index (χ1v) is 8.10. The highest BCUT2D eigenvalue weighted by atomic mass is 16.5. The van der Waals surface area contributed by atoms with Crippen molar-refractivity contribution in [3.63, 3.8) is 0 Å². The number of rotatable bonds is 7. The molecule has 0 aliphatic carbocycles. The lowest BCUT2D eigenvalue weighted by Crippen LogP contribution is -2.35. The van der Waals surface area contributed by atoms with E-state index < -0.39 is 12.6 Å². The van der Waals surface area contributed by atoms with Crippen molar-refractivity contribution in [2.45, 2.75) is 13.3 Å². The minimum Gasteiger partial charge on any atom is -0.497 e. The van der Waals surface area contributed by atoms with Gasteiger partial charge in [-0.15, -0.1) is 0 Å². The number of nitrogens with zero attached hydrogens (tertiary/aromatic N) is 2. The number of anilines is 1. The molecular weight excluding hydrogens is 332 g/mol. The van der Waals surface area contributed by atoms with Crippen LogP contribution in [0.5, 0.6) is 5.75 Å². The van der Waals surface area contributed by atoms with E-state index >= 15 is 0 Å². The van der Waals surface area contributed by atoms with Gasteiger partial charge in [-0.3, -0.25) is 4.79 Å². The Morgan fingerprint density at radius 1 is 1.08 bits per heavy atom. The number of amides is 1. The number of methoxy groups -OCH3 is 1. The molecule has 0 radical (unpaired) electrons. The third-order valence-electron chi connectivity index (χ3n) is 3.75. The highest BCUT2D eigenvalue weighted by Crippen LogP contribution is 2.16. The number of carbonyl (C=O) groups excluding carboxylic acids is 2. The molecule has 26 heavy (non-hydrogen) atoms. The van der Waals surface area contributed by atoms with Crippen LogP contribution in [-0.4, -0.2) is 32.1 Å². The van der Waals surface area contributed by atoms with Gasteiger partial charge in [0.1, 0.15) is 5.75 Å². The third kappa shape index (κ3) is 5.08. The summed E-state index contributed by atoms with van der Waals surface area (Å²) in [5.41, 5.74) is 2.06. The largest absolute Gasteiger partial charge is 0.497 e. The normalized spacial score (nSPS) is 9.88. The second-order valence-corrected chi connectivity index (χ2v) is 5.59. The van der Waals surface area contributed by atoms with Crippen molar-refractivity contribution in [3.8, 4) is 11.8 Å². The minimum atomic E-state index is -0.592. The summed E-state index contributed by atoms with van der Waals surface area (Å²) in [5, 5.41) is 8.81. The van der Waals surface area contributed by atoms with Crippen LogP contribution in [0, 0.1) is 18.3 Å². The monoisotopic (exact) mass is 352 g/mol. The molecule has 0 saturated heterocycles. The van der Waals surface area contributed by atoms with E-state index in [9.17, 15) is 9.59 Å². The van der Waals surface area contributed by atoms with Gasteiger partial charge in [0.25, 0.3) is 5.91 Å². The van der Waals surface area contributed by atoms with Gasteiger partial charge in [-0.2, -0.15) is 5.26 Å². The summed E-state index contributed by atoms with van der Waals surface area (Å²) in [6.45, 7) is 1.78. The van der Waals surface area contributed by atoms with E-state index in [0.29, 0.717) is 17.0 Å². The van der Waals surface area contributed by atoms with E-state index in [1.807, 2.05) is 25.1 Å². The van der Waals surface area contributed by atoms with Crippen molar-refractivity contribution in [2.24, 2.45) is 0 Å². The topological polar surface area (TPSA) is 79.6 Å². The zero-order valence-electron chi connectivity index (χ0n) is 14.8. The quantitative estimate of drug-likeness (QED) is 0.715. The van der Waals surface area contributed by atoms with E-state index in [4.69, 9.17) is 14.7 Å². The van der Waals surface area contributed by atoms with Gasteiger partial charge in [0.05, 0.1) is 25.2 Å². The number of ether oxygens (including phenoxy) is 2. The second kappa shape index (κ2) is 9.23. The molecule has 0 aromatic heterocycles. The molecule has 2 aromatic carbocycles. The molecule has 0 saturated carbocycles. The molecule has 0 unspecified atom stereocenters. The Hall–Kier alpha value is -3.33. The maximum absolute atomic E-state index is 12.5. The lowest BCUT2D eigenvalue weighted by molar-refractivity contribution is -0.121. The predicted molar refractivity (Wildman–Crippen MR) is 97.0 cm³/mol. The Bertz CT molecular complexity index is 792. The molecule has 6 nitrogen and oxygen atoms in total. The molecule has 0 heterocycles. The average molecular weight is 352 g/mol. The van der Waals surface area contributed by atoms with Crippen molar-refractivity contribution in [3.05, 3.63) is 59.7 Å². The fraction of sp³-hybridized carbons (Fsp3) is 0.250. The molecule has 0 N–H and O–H groups in total. The Morgan fingerprint density at radius 3 is 2.31 bits per heavy atom. The molecular formula is C20H20N2O4. The van der Waals surface area contributed by atoms with Crippen LogP contribution in [0.3, 0.4) is 0 Å². The molecule has 0 bridgehead atoms. The number of hydrogen-bond donors (Lipinski definition) is 0. The molecule has 0 atom stereocenters. The van der Waals surface area contributed by atoms with E-state index in [2.05, 4.69) is 0 Å². The molecule has 134 valence electrons. The average Bonchev–Trinajstić information content (AvgIpc) is 2.67. The maximum atomic E-state index is 12.5. The zero-order chi connectivity index (χ0) is 18.9. The molecule has 0 fully saturated rings. The van der Waals surface area contributed by atoms with Gasteiger partial charge in [-0.1, -0.05) is 17.7 Å². The van der Waals surface area contributed by atoms with Crippen molar-refractivity contribution < 1.29 is 19.1 Å². The summed E-state index contributed by atoms with van der Waals surface area (Å²) in [7, 11) is 1.53. The van der Waals surface area contributed by atoms with E-state index in [-0.39, 0.29) is 18.9 Å². The fourth-order valence-electron chi connectivity index (χ4n) is 2.30. The van der Waals surface area contributed by atoms with Crippen LogP contribution in [0.2, 0.25) is 0 Å². The van der Waals surface area contributed by atoms with Gasteiger partial charge >= 0.3 is 5.97 Å². The third-order valence-corrected chi connectivity index (χ3v) is 3.75. The van der Waals surface area contributed by atoms with Crippen molar-refractivity contribution in [2.75, 3.05) is 25.2 Å². The van der Waals surface area contributed by atoms with Gasteiger partial charge in [0.2, 0.25) is 0 Å². The fourth-order valence-corrected chi connectivity index (χ4v) is 2.30. The number of esters is 1. The number of carbonyl (C=O) groups is 2. The van der Waals surface area contributed by atoms with Crippen LogP contribution in [0.1, 0.15) is 22.3 Å². The standard InChI is InChI=1S/C20H20N2O4/c1-15-4-8-17(9-5-15)22(13-3-12-21)19(23)14-26-20(24)16-6-10-18(25-2)11-7-16/h4-11H,3,13-14H2,1-2H3. The SMILES string of the molecule is COc1ccc(C(=O)OCC(=O)N(CCC#N)c2ccc(C)cc2)cc1. The van der Waals surface area contributed by atoms with Crippen molar-refractivity contribution >= 4 is 17.6 Å².